The largest absolute Gasteiger partial charge is 0.343 e. The SMILES string of the molecule is O=C(CC1CCN(C(=O)c2cn(-c3ccccc3)nc2-c2ccccc2)CC1)N1CCCCCC1. The van der Waals surface area contributed by atoms with Crippen LogP contribution < -0.4 is 0 Å². The van der Waals surface area contributed by atoms with Gasteiger partial charge in [0.15, 0.2) is 0 Å². The molecule has 0 saturated carbocycles. The number of amides is 2. The van der Waals surface area contributed by atoms with Crippen molar-refractivity contribution >= 4 is 11.8 Å². The minimum Gasteiger partial charge on any atom is -0.343 e. The van der Waals surface area contributed by atoms with E-state index in [1.165, 1.54) is 12.8 Å². The van der Waals surface area contributed by atoms with E-state index < -0.39 is 0 Å². The second kappa shape index (κ2) is 10.9. The van der Waals surface area contributed by atoms with Crippen LogP contribution in [-0.2, 0) is 4.79 Å². The van der Waals surface area contributed by atoms with E-state index in [-0.39, 0.29) is 5.91 Å². The lowest BCUT2D eigenvalue weighted by Gasteiger charge is -2.32. The molecule has 0 N–H and O–H groups in total. The van der Waals surface area contributed by atoms with Crippen molar-refractivity contribution in [2.75, 3.05) is 26.2 Å². The molecule has 35 heavy (non-hydrogen) atoms. The smallest absolute Gasteiger partial charge is 0.257 e. The predicted molar refractivity (Wildman–Crippen MR) is 137 cm³/mol. The second-order valence-corrected chi connectivity index (χ2v) is 9.77. The monoisotopic (exact) mass is 470 g/mol. The van der Waals surface area contributed by atoms with Crippen molar-refractivity contribution in [2.24, 2.45) is 5.92 Å². The van der Waals surface area contributed by atoms with Gasteiger partial charge in [0.2, 0.25) is 5.91 Å². The summed E-state index contributed by atoms with van der Waals surface area (Å²) >= 11 is 0. The Morgan fingerprint density at radius 3 is 2.06 bits per heavy atom. The first kappa shape index (κ1) is 23.3. The highest BCUT2D eigenvalue weighted by molar-refractivity contribution is 6.00. The van der Waals surface area contributed by atoms with Gasteiger partial charge in [-0.1, -0.05) is 61.4 Å². The molecule has 1 aromatic heterocycles. The van der Waals surface area contributed by atoms with Gasteiger partial charge in [0.1, 0.15) is 5.69 Å². The number of para-hydroxylation sites is 1. The number of benzene rings is 2. The fraction of sp³-hybridized carbons (Fsp3) is 0.414. The van der Waals surface area contributed by atoms with Gasteiger partial charge in [-0.3, -0.25) is 9.59 Å². The third kappa shape index (κ3) is 5.47. The molecular weight excluding hydrogens is 436 g/mol. The average Bonchev–Trinajstić information content (AvgIpc) is 3.17. The Hall–Kier alpha value is -3.41. The molecule has 0 aliphatic carbocycles. The van der Waals surface area contributed by atoms with E-state index in [4.69, 9.17) is 5.10 Å². The molecule has 3 aromatic rings. The number of piperidine rings is 1. The Morgan fingerprint density at radius 1 is 0.771 bits per heavy atom. The zero-order valence-corrected chi connectivity index (χ0v) is 20.3. The molecule has 6 heteroatoms. The number of hydrogen-bond acceptors (Lipinski definition) is 3. The van der Waals surface area contributed by atoms with Gasteiger partial charge in [0, 0.05) is 44.4 Å². The molecule has 0 unspecified atom stereocenters. The number of rotatable bonds is 5. The number of hydrogen-bond donors (Lipinski definition) is 0. The van der Waals surface area contributed by atoms with Gasteiger partial charge >= 0.3 is 0 Å². The van der Waals surface area contributed by atoms with Crippen molar-refractivity contribution in [3.63, 3.8) is 0 Å². The first-order chi connectivity index (χ1) is 17.2. The Kier molecular flexibility index (Phi) is 7.26. The lowest BCUT2D eigenvalue weighted by Crippen LogP contribution is -2.40. The molecule has 5 rings (SSSR count). The Morgan fingerprint density at radius 2 is 1.40 bits per heavy atom. The maximum absolute atomic E-state index is 13.7. The van der Waals surface area contributed by atoms with Crippen LogP contribution >= 0.6 is 0 Å². The van der Waals surface area contributed by atoms with E-state index in [1.54, 1.807) is 4.68 Å². The zero-order chi connectivity index (χ0) is 24.0. The molecule has 0 radical (unpaired) electrons. The molecule has 182 valence electrons. The molecule has 0 atom stereocenters. The van der Waals surface area contributed by atoms with Gasteiger partial charge in [-0.25, -0.2) is 4.68 Å². The Balaban J connectivity index is 1.28. The third-order valence-corrected chi connectivity index (χ3v) is 7.34. The zero-order valence-electron chi connectivity index (χ0n) is 20.3. The van der Waals surface area contributed by atoms with E-state index in [0.717, 1.165) is 50.0 Å². The number of aromatic nitrogens is 2. The van der Waals surface area contributed by atoms with E-state index in [1.807, 2.05) is 71.8 Å². The lowest BCUT2D eigenvalue weighted by atomic mass is 9.92. The van der Waals surface area contributed by atoms with Crippen LogP contribution in [0.2, 0.25) is 0 Å². The molecule has 2 amide bonds. The summed E-state index contributed by atoms with van der Waals surface area (Å²) in [7, 11) is 0. The van der Waals surface area contributed by atoms with Crippen molar-refractivity contribution in [1.82, 2.24) is 19.6 Å². The van der Waals surface area contributed by atoms with Crippen LogP contribution in [0.1, 0.15) is 55.3 Å². The number of likely N-dealkylation sites (tertiary alicyclic amines) is 2. The van der Waals surface area contributed by atoms with E-state index in [2.05, 4.69) is 4.90 Å². The van der Waals surface area contributed by atoms with Crippen LogP contribution in [-0.4, -0.2) is 57.6 Å². The second-order valence-electron chi connectivity index (χ2n) is 9.77. The molecular formula is C29H34N4O2. The van der Waals surface area contributed by atoms with Crippen molar-refractivity contribution in [3.05, 3.63) is 72.4 Å². The van der Waals surface area contributed by atoms with Crippen molar-refractivity contribution in [2.45, 2.75) is 44.9 Å². The van der Waals surface area contributed by atoms with E-state index in [0.29, 0.717) is 42.6 Å². The normalized spacial score (nSPS) is 17.3. The lowest BCUT2D eigenvalue weighted by molar-refractivity contribution is -0.132. The summed E-state index contributed by atoms with van der Waals surface area (Å²) in [6.45, 7) is 3.18. The van der Waals surface area contributed by atoms with Crippen molar-refractivity contribution in [1.29, 1.82) is 0 Å². The fourth-order valence-corrected chi connectivity index (χ4v) is 5.26. The number of carbonyl (C=O) groups excluding carboxylic acids is 2. The van der Waals surface area contributed by atoms with Crippen LogP contribution in [0.25, 0.3) is 16.9 Å². The summed E-state index contributed by atoms with van der Waals surface area (Å²) in [5.74, 6) is 0.672. The maximum atomic E-state index is 13.7. The minimum atomic E-state index is 0.0170. The minimum absolute atomic E-state index is 0.0170. The van der Waals surface area contributed by atoms with Gasteiger partial charge in [0.05, 0.1) is 11.3 Å². The van der Waals surface area contributed by atoms with Crippen LogP contribution in [0.15, 0.2) is 66.9 Å². The summed E-state index contributed by atoms with van der Waals surface area (Å²) in [6, 6.07) is 19.8. The van der Waals surface area contributed by atoms with Crippen LogP contribution in [0, 0.1) is 5.92 Å². The first-order valence-electron chi connectivity index (χ1n) is 13.0. The van der Waals surface area contributed by atoms with Gasteiger partial charge < -0.3 is 9.80 Å². The predicted octanol–water partition coefficient (Wildman–Crippen LogP) is 5.18. The van der Waals surface area contributed by atoms with Gasteiger partial charge in [0.25, 0.3) is 5.91 Å². The summed E-state index contributed by atoms with van der Waals surface area (Å²) in [5.41, 5.74) is 3.19. The van der Waals surface area contributed by atoms with Crippen LogP contribution in [0.5, 0.6) is 0 Å². The van der Waals surface area contributed by atoms with Crippen molar-refractivity contribution in [3.8, 4) is 16.9 Å². The maximum Gasteiger partial charge on any atom is 0.257 e. The van der Waals surface area contributed by atoms with Crippen LogP contribution in [0.4, 0.5) is 0 Å². The summed E-state index contributed by atoms with van der Waals surface area (Å²) in [4.78, 5) is 30.5. The first-order valence-corrected chi connectivity index (χ1v) is 13.0. The molecule has 2 saturated heterocycles. The number of nitrogens with zero attached hydrogens (tertiary/aromatic N) is 4. The van der Waals surface area contributed by atoms with Gasteiger partial charge in [-0.15, -0.1) is 0 Å². The highest BCUT2D eigenvalue weighted by atomic mass is 16.2. The number of carbonyl (C=O) groups is 2. The summed E-state index contributed by atoms with van der Waals surface area (Å²) < 4.78 is 1.79. The molecule has 2 aliphatic heterocycles. The molecule has 2 aromatic carbocycles. The molecule has 2 aliphatic rings. The highest BCUT2D eigenvalue weighted by Crippen LogP contribution is 2.28. The van der Waals surface area contributed by atoms with Crippen molar-refractivity contribution < 1.29 is 9.59 Å². The molecule has 0 spiro atoms. The van der Waals surface area contributed by atoms with Gasteiger partial charge in [-0.05, 0) is 43.7 Å². The summed E-state index contributed by atoms with van der Waals surface area (Å²) in [5, 5.41) is 4.80. The quantitative estimate of drug-likeness (QED) is 0.516. The molecule has 6 nitrogen and oxygen atoms in total. The highest BCUT2D eigenvalue weighted by Gasteiger charge is 2.29. The average molecular weight is 471 g/mol. The van der Waals surface area contributed by atoms with Gasteiger partial charge in [-0.2, -0.15) is 5.10 Å². The standard InChI is InChI=1S/C29H34N4O2/c34-27(31-17-9-1-2-10-18-31)21-23-15-19-32(20-16-23)29(35)26-22-33(25-13-7-4-8-14-25)30-28(26)24-11-5-3-6-12-24/h3-8,11-14,22-23H,1-2,9-10,15-21H2. The van der Waals surface area contributed by atoms with Crippen LogP contribution in [0.3, 0.4) is 0 Å². The molecule has 3 heterocycles. The Labute approximate surface area is 207 Å². The third-order valence-electron chi connectivity index (χ3n) is 7.34. The van der Waals surface area contributed by atoms with E-state index >= 15 is 0 Å². The topological polar surface area (TPSA) is 58.4 Å². The van der Waals surface area contributed by atoms with E-state index in [9.17, 15) is 9.59 Å². The summed E-state index contributed by atoms with van der Waals surface area (Å²) in [6.07, 6.45) is 8.93. The fourth-order valence-electron chi connectivity index (χ4n) is 5.26. The molecule has 2 fully saturated rings. The molecule has 0 bridgehead atoms. The Bertz CT molecular complexity index is 1130.